The molecule has 0 fully saturated rings. The van der Waals surface area contributed by atoms with E-state index in [0.29, 0.717) is 6.42 Å². The number of halogens is 1. The first kappa shape index (κ1) is 10.8. The molecule has 0 amide bonds. The van der Waals surface area contributed by atoms with Crippen LogP contribution in [0.3, 0.4) is 0 Å². The van der Waals surface area contributed by atoms with Gasteiger partial charge < -0.3 is 5.11 Å². The van der Waals surface area contributed by atoms with Gasteiger partial charge >= 0.3 is 0 Å². The van der Waals surface area contributed by atoms with Crippen molar-refractivity contribution in [3.8, 4) is 11.1 Å². The zero-order valence-corrected chi connectivity index (χ0v) is 8.86. The molecular formula is C14H13FO. The van der Waals surface area contributed by atoms with Gasteiger partial charge in [0.15, 0.2) is 0 Å². The van der Waals surface area contributed by atoms with Gasteiger partial charge in [-0.05, 0) is 35.2 Å². The van der Waals surface area contributed by atoms with E-state index in [1.807, 2.05) is 30.3 Å². The molecule has 2 aromatic rings. The molecule has 0 aromatic heterocycles. The van der Waals surface area contributed by atoms with Crippen LogP contribution in [0.4, 0.5) is 4.39 Å². The molecule has 0 unspecified atom stereocenters. The van der Waals surface area contributed by atoms with E-state index in [1.54, 1.807) is 6.07 Å². The number of hydrogen-bond acceptors (Lipinski definition) is 1. The molecule has 2 rings (SSSR count). The number of aliphatic hydroxyl groups excluding tert-OH is 1. The maximum Gasteiger partial charge on any atom is 0.123 e. The number of hydrogen-bond donors (Lipinski definition) is 1. The van der Waals surface area contributed by atoms with Crippen LogP contribution in [-0.2, 0) is 6.42 Å². The summed E-state index contributed by atoms with van der Waals surface area (Å²) >= 11 is 0. The molecule has 16 heavy (non-hydrogen) atoms. The van der Waals surface area contributed by atoms with Crippen molar-refractivity contribution in [2.75, 3.05) is 6.61 Å². The van der Waals surface area contributed by atoms with Crippen LogP contribution in [0.15, 0.2) is 48.5 Å². The van der Waals surface area contributed by atoms with Gasteiger partial charge in [-0.25, -0.2) is 4.39 Å². The van der Waals surface area contributed by atoms with E-state index in [9.17, 15) is 4.39 Å². The Labute approximate surface area is 94.2 Å². The first-order valence-electron chi connectivity index (χ1n) is 5.25. The molecular weight excluding hydrogens is 203 g/mol. The van der Waals surface area contributed by atoms with Crippen molar-refractivity contribution in [1.29, 1.82) is 0 Å². The molecule has 0 aliphatic rings. The highest BCUT2D eigenvalue weighted by Gasteiger charge is 1.99. The molecule has 0 saturated heterocycles. The lowest BCUT2D eigenvalue weighted by Crippen LogP contribution is -1.89. The average molecular weight is 216 g/mol. The van der Waals surface area contributed by atoms with Crippen LogP contribution >= 0.6 is 0 Å². The molecule has 0 heterocycles. The van der Waals surface area contributed by atoms with Crippen LogP contribution in [0, 0.1) is 5.82 Å². The molecule has 2 aromatic carbocycles. The Morgan fingerprint density at radius 2 is 1.69 bits per heavy atom. The SMILES string of the molecule is OCCc1ccc(-c2cccc(F)c2)cc1. The zero-order valence-electron chi connectivity index (χ0n) is 8.86. The normalized spacial score (nSPS) is 10.4. The molecule has 82 valence electrons. The van der Waals surface area contributed by atoms with Crippen LogP contribution in [0.25, 0.3) is 11.1 Å². The summed E-state index contributed by atoms with van der Waals surface area (Å²) in [6.45, 7) is 0.152. The lowest BCUT2D eigenvalue weighted by atomic mass is 10.0. The second-order valence-corrected chi connectivity index (χ2v) is 3.68. The fraction of sp³-hybridized carbons (Fsp3) is 0.143. The third-order valence-electron chi connectivity index (χ3n) is 2.51. The van der Waals surface area contributed by atoms with Crippen molar-refractivity contribution in [3.63, 3.8) is 0 Å². The van der Waals surface area contributed by atoms with E-state index in [-0.39, 0.29) is 12.4 Å². The Kier molecular flexibility index (Phi) is 3.32. The van der Waals surface area contributed by atoms with Crippen molar-refractivity contribution < 1.29 is 9.50 Å². The largest absolute Gasteiger partial charge is 0.396 e. The average Bonchev–Trinajstić information content (AvgIpc) is 2.30. The van der Waals surface area contributed by atoms with Gasteiger partial charge in [0.25, 0.3) is 0 Å². The lowest BCUT2D eigenvalue weighted by molar-refractivity contribution is 0.299. The Hall–Kier alpha value is -1.67. The minimum atomic E-state index is -0.225. The van der Waals surface area contributed by atoms with Crippen molar-refractivity contribution >= 4 is 0 Å². The van der Waals surface area contributed by atoms with Crippen LogP contribution in [-0.4, -0.2) is 11.7 Å². The Balaban J connectivity index is 2.27. The van der Waals surface area contributed by atoms with Crippen LogP contribution in [0.1, 0.15) is 5.56 Å². The predicted octanol–water partition coefficient (Wildman–Crippen LogP) is 3.03. The van der Waals surface area contributed by atoms with Gasteiger partial charge in [-0.2, -0.15) is 0 Å². The van der Waals surface area contributed by atoms with E-state index in [4.69, 9.17) is 5.11 Å². The van der Waals surface area contributed by atoms with Gasteiger partial charge in [-0.1, -0.05) is 36.4 Å². The van der Waals surface area contributed by atoms with Gasteiger partial charge in [-0.3, -0.25) is 0 Å². The monoisotopic (exact) mass is 216 g/mol. The van der Waals surface area contributed by atoms with Gasteiger partial charge in [-0.15, -0.1) is 0 Å². The maximum atomic E-state index is 13.0. The molecule has 0 radical (unpaired) electrons. The quantitative estimate of drug-likeness (QED) is 0.836. The minimum Gasteiger partial charge on any atom is -0.396 e. The first-order valence-corrected chi connectivity index (χ1v) is 5.25. The highest BCUT2D eigenvalue weighted by molar-refractivity contribution is 5.63. The number of benzene rings is 2. The topological polar surface area (TPSA) is 20.2 Å². The van der Waals surface area contributed by atoms with E-state index in [1.165, 1.54) is 12.1 Å². The lowest BCUT2D eigenvalue weighted by Gasteiger charge is -2.03. The van der Waals surface area contributed by atoms with Crippen LogP contribution in [0.2, 0.25) is 0 Å². The first-order chi connectivity index (χ1) is 7.79. The fourth-order valence-corrected chi connectivity index (χ4v) is 1.66. The summed E-state index contributed by atoms with van der Waals surface area (Å²) in [4.78, 5) is 0. The second kappa shape index (κ2) is 4.90. The summed E-state index contributed by atoms with van der Waals surface area (Å²) < 4.78 is 13.0. The molecule has 0 aliphatic carbocycles. The third-order valence-corrected chi connectivity index (χ3v) is 2.51. The smallest absolute Gasteiger partial charge is 0.123 e. The zero-order chi connectivity index (χ0) is 11.4. The molecule has 0 atom stereocenters. The van der Waals surface area contributed by atoms with Crippen molar-refractivity contribution in [1.82, 2.24) is 0 Å². The van der Waals surface area contributed by atoms with Crippen molar-refractivity contribution in [2.24, 2.45) is 0 Å². The van der Waals surface area contributed by atoms with E-state index < -0.39 is 0 Å². The van der Waals surface area contributed by atoms with E-state index in [0.717, 1.165) is 16.7 Å². The number of rotatable bonds is 3. The molecule has 0 aliphatic heterocycles. The minimum absolute atomic E-state index is 0.152. The molecule has 1 N–H and O–H groups in total. The summed E-state index contributed by atoms with van der Waals surface area (Å²) in [6.07, 6.45) is 0.656. The van der Waals surface area contributed by atoms with E-state index in [2.05, 4.69) is 0 Å². The summed E-state index contributed by atoms with van der Waals surface area (Å²) in [7, 11) is 0. The van der Waals surface area contributed by atoms with E-state index >= 15 is 0 Å². The van der Waals surface area contributed by atoms with Crippen molar-refractivity contribution in [3.05, 3.63) is 59.9 Å². The fourth-order valence-electron chi connectivity index (χ4n) is 1.66. The van der Waals surface area contributed by atoms with Gasteiger partial charge in [0.2, 0.25) is 0 Å². The van der Waals surface area contributed by atoms with Gasteiger partial charge in [0.05, 0.1) is 0 Å². The summed E-state index contributed by atoms with van der Waals surface area (Å²) in [5, 5.41) is 8.79. The summed E-state index contributed by atoms with van der Waals surface area (Å²) in [6, 6.07) is 14.3. The van der Waals surface area contributed by atoms with Crippen LogP contribution in [0.5, 0.6) is 0 Å². The Bertz CT molecular complexity index is 462. The molecule has 1 nitrogen and oxygen atoms in total. The predicted molar refractivity (Wildman–Crippen MR) is 62.6 cm³/mol. The Morgan fingerprint density at radius 1 is 0.938 bits per heavy atom. The highest BCUT2D eigenvalue weighted by atomic mass is 19.1. The maximum absolute atomic E-state index is 13.0. The summed E-state index contributed by atoms with van der Waals surface area (Å²) in [5.41, 5.74) is 2.94. The standard InChI is InChI=1S/C14H13FO/c15-14-3-1-2-13(10-14)12-6-4-11(5-7-12)8-9-16/h1-7,10,16H,8-9H2. The van der Waals surface area contributed by atoms with Crippen LogP contribution < -0.4 is 0 Å². The molecule has 2 heteroatoms. The molecule has 0 saturated carbocycles. The highest BCUT2D eigenvalue weighted by Crippen LogP contribution is 2.20. The number of aliphatic hydroxyl groups is 1. The third kappa shape index (κ3) is 2.47. The molecule has 0 spiro atoms. The molecule has 0 bridgehead atoms. The second-order valence-electron chi connectivity index (χ2n) is 3.68. The Morgan fingerprint density at radius 3 is 2.31 bits per heavy atom. The summed E-state index contributed by atoms with van der Waals surface area (Å²) in [5.74, 6) is -0.225. The van der Waals surface area contributed by atoms with Gasteiger partial charge in [0.1, 0.15) is 5.82 Å². The van der Waals surface area contributed by atoms with Gasteiger partial charge in [0, 0.05) is 6.61 Å². The van der Waals surface area contributed by atoms with Crippen molar-refractivity contribution in [2.45, 2.75) is 6.42 Å².